The van der Waals surface area contributed by atoms with Crippen molar-refractivity contribution in [3.05, 3.63) is 101 Å². The van der Waals surface area contributed by atoms with E-state index in [9.17, 15) is 14.4 Å². The fourth-order valence-electron chi connectivity index (χ4n) is 4.04. The minimum absolute atomic E-state index is 0.244. The van der Waals surface area contributed by atoms with Crippen molar-refractivity contribution >= 4 is 29.2 Å². The molecule has 1 aliphatic heterocycles. The summed E-state index contributed by atoms with van der Waals surface area (Å²) in [5.74, 6) is -0.392. The van der Waals surface area contributed by atoms with E-state index in [1.165, 1.54) is 0 Å². The molecule has 1 amide bonds. The summed E-state index contributed by atoms with van der Waals surface area (Å²) in [7, 11) is 1.59. The second-order valence-electron chi connectivity index (χ2n) is 8.17. The predicted molar refractivity (Wildman–Crippen MR) is 140 cm³/mol. The van der Waals surface area contributed by atoms with Crippen molar-refractivity contribution in [2.45, 2.75) is 19.9 Å². The number of amides is 1. The summed E-state index contributed by atoms with van der Waals surface area (Å²) in [5.41, 5.74) is 3.34. The van der Waals surface area contributed by atoms with E-state index in [0.717, 1.165) is 5.56 Å². The number of hydrogen-bond donors (Lipinski definition) is 1. The molecular weight excluding hydrogens is 472 g/mol. The van der Waals surface area contributed by atoms with Gasteiger partial charge in [-0.2, -0.15) is 0 Å². The summed E-state index contributed by atoms with van der Waals surface area (Å²) in [5, 5.41) is 3.18. The maximum Gasteiger partial charge on any atom is 0.338 e. The van der Waals surface area contributed by atoms with E-state index in [1.54, 1.807) is 74.4 Å². The molecular formula is C29H28N2O6. The van der Waals surface area contributed by atoms with E-state index < -0.39 is 18.0 Å². The van der Waals surface area contributed by atoms with Gasteiger partial charge in [0.15, 0.2) is 0 Å². The van der Waals surface area contributed by atoms with Crippen LogP contribution in [0.15, 0.2) is 84.6 Å². The molecule has 3 aromatic rings. The highest BCUT2D eigenvalue weighted by Crippen LogP contribution is 2.37. The number of rotatable bonds is 9. The molecule has 8 heteroatoms. The summed E-state index contributed by atoms with van der Waals surface area (Å²) in [6.45, 7) is 4.07. The highest BCUT2D eigenvalue weighted by molar-refractivity contribution is 6.11. The zero-order valence-corrected chi connectivity index (χ0v) is 20.9. The van der Waals surface area contributed by atoms with E-state index in [0.29, 0.717) is 40.6 Å². The van der Waals surface area contributed by atoms with Gasteiger partial charge in [0.25, 0.3) is 5.91 Å². The van der Waals surface area contributed by atoms with Crippen molar-refractivity contribution in [2.24, 2.45) is 0 Å². The molecule has 1 unspecified atom stereocenters. The van der Waals surface area contributed by atoms with Crippen molar-refractivity contribution in [1.29, 1.82) is 0 Å². The third-order valence-corrected chi connectivity index (χ3v) is 5.82. The first kappa shape index (κ1) is 25.5. The van der Waals surface area contributed by atoms with Crippen LogP contribution in [0.1, 0.15) is 46.2 Å². The predicted octanol–water partition coefficient (Wildman–Crippen LogP) is 5.13. The molecule has 0 aliphatic carbocycles. The Morgan fingerprint density at radius 1 is 0.865 bits per heavy atom. The van der Waals surface area contributed by atoms with Crippen LogP contribution in [0.2, 0.25) is 0 Å². The standard InChI is InChI=1S/C29H28N2O6/c1-4-36-28(33)19-9-13-22(14-10-19)30-25-18-26(21-7-6-8-24(17-21)35-3)31(27(25)32)23-15-11-20(12-16-23)29(34)37-5-2/h6-18,26,30H,4-5H2,1-3H3. The molecule has 0 spiro atoms. The first-order valence-electron chi connectivity index (χ1n) is 12.0. The van der Waals surface area contributed by atoms with Crippen LogP contribution in [0.3, 0.4) is 0 Å². The Balaban J connectivity index is 1.64. The Hall–Kier alpha value is -4.59. The van der Waals surface area contributed by atoms with E-state index in [2.05, 4.69) is 5.32 Å². The lowest BCUT2D eigenvalue weighted by Gasteiger charge is -2.25. The number of hydrogen-bond acceptors (Lipinski definition) is 7. The van der Waals surface area contributed by atoms with Crippen LogP contribution >= 0.6 is 0 Å². The number of carbonyl (C=O) groups excluding carboxylic acids is 3. The van der Waals surface area contributed by atoms with E-state index in [-0.39, 0.29) is 12.5 Å². The maximum absolute atomic E-state index is 13.6. The zero-order chi connectivity index (χ0) is 26.4. The fourth-order valence-corrected chi connectivity index (χ4v) is 4.04. The van der Waals surface area contributed by atoms with Gasteiger partial charge in [0.05, 0.1) is 37.5 Å². The maximum atomic E-state index is 13.6. The van der Waals surface area contributed by atoms with Crippen LogP contribution in [-0.4, -0.2) is 38.2 Å². The lowest BCUT2D eigenvalue weighted by molar-refractivity contribution is -0.114. The molecule has 0 saturated carbocycles. The number of ether oxygens (including phenoxy) is 3. The van der Waals surface area contributed by atoms with Crippen LogP contribution in [0, 0.1) is 0 Å². The third-order valence-electron chi connectivity index (χ3n) is 5.82. The van der Waals surface area contributed by atoms with Crippen LogP contribution in [0.5, 0.6) is 5.75 Å². The smallest absolute Gasteiger partial charge is 0.338 e. The molecule has 0 bridgehead atoms. The van der Waals surface area contributed by atoms with Gasteiger partial charge < -0.3 is 19.5 Å². The molecule has 8 nitrogen and oxygen atoms in total. The molecule has 1 heterocycles. The molecule has 3 aromatic carbocycles. The quantitative estimate of drug-likeness (QED) is 0.407. The lowest BCUT2D eigenvalue weighted by Crippen LogP contribution is -2.30. The summed E-state index contributed by atoms with van der Waals surface area (Å²) in [4.78, 5) is 39.3. The first-order chi connectivity index (χ1) is 17.9. The lowest BCUT2D eigenvalue weighted by atomic mass is 10.1. The number of nitrogens with zero attached hydrogens (tertiary/aromatic N) is 1. The average Bonchev–Trinajstić information content (AvgIpc) is 3.25. The number of anilines is 2. The normalized spacial score (nSPS) is 14.7. The summed E-state index contributed by atoms with van der Waals surface area (Å²) >= 11 is 0. The summed E-state index contributed by atoms with van der Waals surface area (Å²) < 4.78 is 15.5. The van der Waals surface area contributed by atoms with E-state index in [1.807, 2.05) is 30.3 Å². The first-order valence-corrected chi connectivity index (χ1v) is 12.0. The van der Waals surface area contributed by atoms with Crippen LogP contribution in [0.25, 0.3) is 0 Å². The Morgan fingerprint density at radius 2 is 1.46 bits per heavy atom. The van der Waals surface area contributed by atoms with Gasteiger partial charge in [-0.1, -0.05) is 12.1 Å². The van der Waals surface area contributed by atoms with Crippen molar-refractivity contribution in [3.63, 3.8) is 0 Å². The SMILES string of the molecule is CCOC(=O)c1ccc(NC2=CC(c3cccc(OC)c3)N(c3ccc(C(=O)OCC)cc3)C2=O)cc1. The van der Waals surface area contributed by atoms with Gasteiger partial charge >= 0.3 is 11.9 Å². The third kappa shape index (κ3) is 5.64. The van der Waals surface area contributed by atoms with Crippen molar-refractivity contribution < 1.29 is 28.6 Å². The molecule has 37 heavy (non-hydrogen) atoms. The zero-order valence-electron chi connectivity index (χ0n) is 20.9. The second kappa shape index (κ2) is 11.4. The van der Waals surface area contributed by atoms with Gasteiger partial charge in [0.2, 0.25) is 0 Å². The number of methoxy groups -OCH3 is 1. The topological polar surface area (TPSA) is 94.2 Å². The summed E-state index contributed by atoms with van der Waals surface area (Å²) in [6, 6.07) is 20.6. The second-order valence-corrected chi connectivity index (χ2v) is 8.17. The van der Waals surface area contributed by atoms with E-state index in [4.69, 9.17) is 14.2 Å². The van der Waals surface area contributed by atoms with E-state index >= 15 is 0 Å². The number of nitrogens with one attached hydrogen (secondary N) is 1. The molecule has 0 radical (unpaired) electrons. The molecule has 0 saturated heterocycles. The number of carbonyl (C=O) groups is 3. The molecule has 4 rings (SSSR count). The Morgan fingerprint density at radius 3 is 2.03 bits per heavy atom. The number of esters is 2. The van der Waals surface area contributed by atoms with Gasteiger partial charge in [0.1, 0.15) is 11.4 Å². The molecule has 0 aromatic heterocycles. The minimum atomic E-state index is -0.419. The largest absolute Gasteiger partial charge is 0.497 e. The van der Waals surface area contributed by atoms with Gasteiger partial charge in [-0.3, -0.25) is 9.69 Å². The highest BCUT2D eigenvalue weighted by atomic mass is 16.5. The van der Waals surface area contributed by atoms with Crippen LogP contribution in [0.4, 0.5) is 11.4 Å². The minimum Gasteiger partial charge on any atom is -0.497 e. The van der Waals surface area contributed by atoms with Gasteiger partial charge in [0, 0.05) is 11.4 Å². The van der Waals surface area contributed by atoms with Gasteiger partial charge in [-0.25, -0.2) is 9.59 Å². The van der Waals surface area contributed by atoms with Crippen molar-refractivity contribution in [1.82, 2.24) is 0 Å². The molecule has 190 valence electrons. The number of benzene rings is 3. The molecule has 1 aliphatic rings. The molecule has 1 atom stereocenters. The van der Waals surface area contributed by atoms with Crippen molar-refractivity contribution in [2.75, 3.05) is 30.5 Å². The summed E-state index contributed by atoms with van der Waals surface area (Å²) in [6.07, 6.45) is 1.84. The average molecular weight is 501 g/mol. The monoisotopic (exact) mass is 500 g/mol. The van der Waals surface area contributed by atoms with Gasteiger partial charge in [-0.15, -0.1) is 0 Å². The van der Waals surface area contributed by atoms with Gasteiger partial charge in [-0.05, 0) is 86.2 Å². The Bertz CT molecular complexity index is 1310. The highest BCUT2D eigenvalue weighted by Gasteiger charge is 2.35. The fraction of sp³-hybridized carbons (Fsp3) is 0.207. The molecule has 1 N–H and O–H groups in total. The Kier molecular flexibility index (Phi) is 7.88. The van der Waals surface area contributed by atoms with Crippen LogP contribution < -0.4 is 15.0 Å². The van der Waals surface area contributed by atoms with Crippen molar-refractivity contribution in [3.8, 4) is 5.75 Å². The molecule has 0 fully saturated rings. The Labute approximate surface area is 215 Å². The van der Waals surface area contributed by atoms with Crippen LogP contribution in [-0.2, 0) is 14.3 Å².